The predicted molar refractivity (Wildman–Crippen MR) is 87.6 cm³/mol. The third kappa shape index (κ3) is 2.82. The Morgan fingerprint density at radius 1 is 1.24 bits per heavy atom. The molecule has 0 spiro atoms. The summed E-state index contributed by atoms with van der Waals surface area (Å²) in [5, 5.41) is 2.07. The van der Waals surface area contributed by atoms with Crippen LogP contribution >= 0.6 is 0 Å². The third-order valence-electron chi connectivity index (χ3n) is 4.67. The van der Waals surface area contributed by atoms with Crippen molar-refractivity contribution in [1.29, 1.82) is 0 Å². The smallest absolute Gasteiger partial charge is 0.127 e. The van der Waals surface area contributed by atoms with Gasteiger partial charge in [-0.25, -0.2) is 0 Å². The summed E-state index contributed by atoms with van der Waals surface area (Å²) in [6.07, 6.45) is 8.44. The number of benzene rings is 1. The summed E-state index contributed by atoms with van der Waals surface area (Å²) >= 11 is 0. The number of anilines is 1. The van der Waals surface area contributed by atoms with Crippen LogP contribution in [0.3, 0.4) is 0 Å². The maximum atomic E-state index is 6.40. The number of fused-ring (bicyclic) bond motifs is 1. The molecule has 21 heavy (non-hydrogen) atoms. The van der Waals surface area contributed by atoms with E-state index in [0.29, 0.717) is 12.0 Å². The van der Waals surface area contributed by atoms with E-state index >= 15 is 0 Å². The fraction of sp³-hybridized carbons (Fsp3) is 0.500. The second-order valence-electron chi connectivity index (χ2n) is 6.13. The molecule has 2 aromatic rings. The molecule has 3 heteroatoms. The Bertz CT molecular complexity index is 638. The fourth-order valence-corrected chi connectivity index (χ4v) is 3.40. The molecule has 0 aliphatic heterocycles. The lowest BCUT2D eigenvalue weighted by molar-refractivity contribution is 0.0919. The maximum absolute atomic E-state index is 6.40. The molecule has 1 aromatic heterocycles. The number of nitrogens with zero attached hydrogens (tertiary/aromatic N) is 1. The molecule has 2 unspecified atom stereocenters. The zero-order valence-electron chi connectivity index (χ0n) is 12.9. The summed E-state index contributed by atoms with van der Waals surface area (Å²) in [7, 11) is 0. The quantitative estimate of drug-likeness (QED) is 0.846. The van der Waals surface area contributed by atoms with E-state index in [0.717, 1.165) is 34.3 Å². The molecule has 1 aliphatic rings. The Morgan fingerprint density at radius 3 is 2.86 bits per heavy atom. The van der Waals surface area contributed by atoms with Gasteiger partial charge in [0.2, 0.25) is 0 Å². The van der Waals surface area contributed by atoms with E-state index in [2.05, 4.69) is 18.0 Å². The maximum Gasteiger partial charge on any atom is 0.127 e. The summed E-state index contributed by atoms with van der Waals surface area (Å²) in [6.45, 7) is 4.27. The summed E-state index contributed by atoms with van der Waals surface area (Å²) < 4.78 is 6.40. The third-order valence-corrected chi connectivity index (χ3v) is 4.67. The van der Waals surface area contributed by atoms with Crippen LogP contribution in [0, 0.1) is 12.8 Å². The number of nitrogens with two attached hydrogens (primary N) is 1. The second kappa shape index (κ2) is 5.92. The van der Waals surface area contributed by atoms with Crippen LogP contribution in [0.1, 0.15) is 44.7 Å². The van der Waals surface area contributed by atoms with Crippen molar-refractivity contribution in [3.8, 4) is 5.75 Å². The minimum absolute atomic E-state index is 0.337. The van der Waals surface area contributed by atoms with Crippen LogP contribution in [0.15, 0.2) is 24.4 Å². The lowest BCUT2D eigenvalue weighted by Gasteiger charge is -2.31. The number of nitrogen functional groups attached to an aromatic ring is 1. The molecule has 1 saturated carbocycles. The predicted octanol–water partition coefficient (Wildman–Crippen LogP) is 4.47. The first kappa shape index (κ1) is 14.2. The first-order chi connectivity index (χ1) is 10.2. The Kier molecular flexibility index (Phi) is 4.00. The first-order valence-corrected chi connectivity index (χ1v) is 8.00. The number of aromatic nitrogens is 1. The van der Waals surface area contributed by atoms with Crippen molar-refractivity contribution >= 4 is 16.5 Å². The lowest BCUT2D eigenvalue weighted by atomic mass is 9.84. The van der Waals surface area contributed by atoms with Gasteiger partial charge in [0, 0.05) is 28.4 Å². The zero-order valence-corrected chi connectivity index (χ0v) is 12.9. The highest BCUT2D eigenvalue weighted by Gasteiger charge is 2.25. The van der Waals surface area contributed by atoms with Crippen molar-refractivity contribution in [3.63, 3.8) is 0 Å². The minimum Gasteiger partial charge on any atom is -0.489 e. The fourth-order valence-electron chi connectivity index (χ4n) is 3.40. The molecule has 1 fully saturated rings. The standard InChI is InChI=1S/C18H24N2O/c1-3-13-6-4-5-7-17(13)21-18-9-8-16(19)15-11-20-12(2)10-14(15)18/h8-11,13,17H,3-7,19H2,1-2H3. The molecule has 3 rings (SSSR count). The van der Waals surface area contributed by atoms with Gasteiger partial charge in [0.25, 0.3) is 0 Å². The number of pyridine rings is 1. The zero-order chi connectivity index (χ0) is 14.8. The van der Waals surface area contributed by atoms with Crippen molar-refractivity contribution in [1.82, 2.24) is 4.98 Å². The molecule has 112 valence electrons. The summed E-state index contributed by atoms with van der Waals surface area (Å²) in [6, 6.07) is 6.02. The second-order valence-corrected chi connectivity index (χ2v) is 6.13. The van der Waals surface area contributed by atoms with Crippen molar-refractivity contribution in [2.45, 2.75) is 52.1 Å². The molecule has 1 aliphatic carbocycles. The average molecular weight is 284 g/mol. The highest BCUT2D eigenvalue weighted by molar-refractivity contribution is 5.96. The van der Waals surface area contributed by atoms with Crippen molar-refractivity contribution in [2.24, 2.45) is 5.92 Å². The molecule has 0 amide bonds. The Balaban J connectivity index is 1.96. The van der Waals surface area contributed by atoms with Crippen LogP contribution in [0.2, 0.25) is 0 Å². The van der Waals surface area contributed by atoms with Crippen LogP contribution in [0.5, 0.6) is 5.75 Å². The van der Waals surface area contributed by atoms with E-state index in [4.69, 9.17) is 10.5 Å². The average Bonchev–Trinajstić information content (AvgIpc) is 2.50. The molecule has 0 saturated heterocycles. The normalized spacial score (nSPS) is 22.4. The first-order valence-electron chi connectivity index (χ1n) is 8.00. The highest BCUT2D eigenvalue weighted by atomic mass is 16.5. The molecule has 2 N–H and O–H groups in total. The lowest BCUT2D eigenvalue weighted by Crippen LogP contribution is -2.30. The van der Waals surface area contributed by atoms with Gasteiger partial charge in [-0.1, -0.05) is 13.3 Å². The van der Waals surface area contributed by atoms with Gasteiger partial charge in [0.15, 0.2) is 0 Å². The van der Waals surface area contributed by atoms with Gasteiger partial charge in [-0.2, -0.15) is 0 Å². The topological polar surface area (TPSA) is 48.1 Å². The summed E-state index contributed by atoms with van der Waals surface area (Å²) in [4.78, 5) is 4.35. The molecule has 0 radical (unpaired) electrons. The number of ether oxygens (including phenoxy) is 1. The van der Waals surface area contributed by atoms with E-state index in [9.17, 15) is 0 Å². The molecular weight excluding hydrogens is 260 g/mol. The van der Waals surface area contributed by atoms with Crippen LogP contribution in [0.4, 0.5) is 5.69 Å². The van der Waals surface area contributed by atoms with Gasteiger partial charge in [0.1, 0.15) is 11.9 Å². The van der Waals surface area contributed by atoms with Crippen LogP contribution in [-0.4, -0.2) is 11.1 Å². The van der Waals surface area contributed by atoms with Crippen LogP contribution in [0.25, 0.3) is 10.8 Å². The number of rotatable bonds is 3. The van der Waals surface area contributed by atoms with Gasteiger partial charge in [0.05, 0.1) is 0 Å². The minimum atomic E-state index is 0.337. The van der Waals surface area contributed by atoms with Crippen molar-refractivity contribution in [2.75, 3.05) is 5.73 Å². The molecular formula is C18H24N2O. The molecule has 1 aromatic carbocycles. The van der Waals surface area contributed by atoms with Crippen molar-refractivity contribution < 1.29 is 4.74 Å². The van der Waals surface area contributed by atoms with Gasteiger partial charge in [-0.15, -0.1) is 0 Å². The number of hydrogen-bond donors (Lipinski definition) is 1. The van der Waals surface area contributed by atoms with Crippen LogP contribution < -0.4 is 10.5 Å². The van der Waals surface area contributed by atoms with Crippen molar-refractivity contribution in [3.05, 3.63) is 30.1 Å². The number of aryl methyl sites for hydroxylation is 1. The van der Waals surface area contributed by atoms with Gasteiger partial charge in [-0.05, 0) is 56.7 Å². The van der Waals surface area contributed by atoms with E-state index < -0.39 is 0 Å². The largest absolute Gasteiger partial charge is 0.489 e. The SMILES string of the molecule is CCC1CCCCC1Oc1ccc(N)c2cnc(C)cc12. The van der Waals surface area contributed by atoms with E-state index in [1.54, 1.807) is 0 Å². The Morgan fingerprint density at radius 2 is 2.05 bits per heavy atom. The molecule has 3 nitrogen and oxygen atoms in total. The number of hydrogen-bond acceptors (Lipinski definition) is 3. The van der Waals surface area contributed by atoms with E-state index in [1.165, 1.54) is 25.7 Å². The van der Waals surface area contributed by atoms with Gasteiger partial charge >= 0.3 is 0 Å². The van der Waals surface area contributed by atoms with Crippen LogP contribution in [-0.2, 0) is 0 Å². The summed E-state index contributed by atoms with van der Waals surface area (Å²) in [5.41, 5.74) is 7.82. The Hall–Kier alpha value is -1.77. The van der Waals surface area contributed by atoms with E-state index in [-0.39, 0.29) is 0 Å². The molecule has 0 bridgehead atoms. The van der Waals surface area contributed by atoms with E-state index in [1.807, 2.05) is 25.3 Å². The highest BCUT2D eigenvalue weighted by Crippen LogP contribution is 2.35. The van der Waals surface area contributed by atoms with Gasteiger partial charge in [-0.3, -0.25) is 4.98 Å². The van der Waals surface area contributed by atoms with Gasteiger partial charge < -0.3 is 10.5 Å². The monoisotopic (exact) mass is 284 g/mol. The Labute approximate surface area is 126 Å². The molecule has 2 atom stereocenters. The summed E-state index contributed by atoms with van der Waals surface area (Å²) in [5.74, 6) is 1.63. The molecule has 1 heterocycles.